The van der Waals surface area contributed by atoms with Crippen molar-refractivity contribution in [1.82, 2.24) is 9.55 Å². The number of hydrogen-bond acceptors (Lipinski definition) is 3. The lowest BCUT2D eigenvalue weighted by Crippen LogP contribution is -2.11. The number of nitrogens with one attached hydrogen (secondary N) is 1. The second-order valence-corrected chi connectivity index (χ2v) is 4.88. The molecular weight excluding hydrogens is 262 g/mol. The highest BCUT2D eigenvalue weighted by atomic mass is 16.5. The second kappa shape index (κ2) is 6.41. The number of aromatic nitrogens is 2. The number of nitrogens with zero attached hydrogens (tertiary/aromatic N) is 2. The van der Waals surface area contributed by atoms with Crippen molar-refractivity contribution in [2.75, 3.05) is 19.0 Å². The molecule has 0 bridgehead atoms. The van der Waals surface area contributed by atoms with Crippen molar-refractivity contribution in [2.24, 2.45) is 0 Å². The van der Waals surface area contributed by atoms with Gasteiger partial charge in [-0.25, -0.2) is 4.98 Å². The van der Waals surface area contributed by atoms with Crippen molar-refractivity contribution >= 4 is 16.7 Å². The Labute approximate surface area is 124 Å². The summed E-state index contributed by atoms with van der Waals surface area (Å²) in [5, 5.41) is 3.41. The Morgan fingerprint density at radius 2 is 1.81 bits per heavy atom. The number of ether oxygens (including phenoxy) is 1. The van der Waals surface area contributed by atoms with Crippen LogP contribution in [-0.2, 0) is 17.8 Å². The van der Waals surface area contributed by atoms with Gasteiger partial charge in [0.05, 0.1) is 24.2 Å². The molecule has 0 amide bonds. The summed E-state index contributed by atoms with van der Waals surface area (Å²) in [4.78, 5) is 4.73. The molecular formula is C17H19N3O. The third kappa shape index (κ3) is 3.06. The fraction of sp³-hybridized carbons (Fsp3) is 0.235. The molecule has 1 aromatic heterocycles. The van der Waals surface area contributed by atoms with Gasteiger partial charge in [-0.3, -0.25) is 0 Å². The van der Waals surface area contributed by atoms with E-state index in [9.17, 15) is 0 Å². The van der Waals surface area contributed by atoms with Crippen molar-refractivity contribution in [3.63, 3.8) is 0 Å². The topological polar surface area (TPSA) is 39.1 Å². The molecule has 0 fully saturated rings. The standard InChI is InChI=1S/C17H19N3O/c1-21-12-11-20-16-10-6-5-9-15(16)19-17(20)13-18-14-7-3-2-4-8-14/h2-10,18H,11-13H2,1H3. The van der Waals surface area contributed by atoms with Gasteiger partial charge >= 0.3 is 0 Å². The first-order chi connectivity index (χ1) is 10.4. The number of anilines is 1. The maximum Gasteiger partial charge on any atom is 0.129 e. The SMILES string of the molecule is COCCn1c(CNc2ccccc2)nc2ccccc21. The lowest BCUT2D eigenvalue weighted by atomic mass is 10.3. The van der Waals surface area contributed by atoms with Gasteiger partial charge in [0.25, 0.3) is 0 Å². The molecule has 2 aromatic carbocycles. The molecule has 0 saturated carbocycles. The van der Waals surface area contributed by atoms with Crippen molar-refractivity contribution in [1.29, 1.82) is 0 Å². The quantitative estimate of drug-likeness (QED) is 0.753. The zero-order valence-corrected chi connectivity index (χ0v) is 12.1. The molecule has 0 radical (unpaired) electrons. The minimum atomic E-state index is 0.679. The van der Waals surface area contributed by atoms with Crippen LogP contribution >= 0.6 is 0 Å². The molecule has 4 nitrogen and oxygen atoms in total. The zero-order valence-electron chi connectivity index (χ0n) is 12.1. The Morgan fingerprint density at radius 1 is 1.05 bits per heavy atom. The van der Waals surface area contributed by atoms with Gasteiger partial charge in [-0.05, 0) is 24.3 Å². The Kier molecular flexibility index (Phi) is 4.17. The Balaban J connectivity index is 1.86. The summed E-state index contributed by atoms with van der Waals surface area (Å²) in [5.41, 5.74) is 3.28. The van der Waals surface area contributed by atoms with E-state index in [1.807, 2.05) is 36.4 Å². The normalized spacial score (nSPS) is 10.9. The summed E-state index contributed by atoms with van der Waals surface area (Å²) in [5.74, 6) is 1.03. The van der Waals surface area contributed by atoms with Crippen LogP contribution in [0.25, 0.3) is 11.0 Å². The zero-order chi connectivity index (χ0) is 14.5. The Hall–Kier alpha value is -2.33. The minimum absolute atomic E-state index is 0.679. The average Bonchev–Trinajstić information content (AvgIpc) is 2.89. The maximum atomic E-state index is 5.21. The summed E-state index contributed by atoms with van der Waals surface area (Å²) in [6, 6.07) is 18.4. The van der Waals surface area contributed by atoms with Crippen molar-refractivity contribution in [3.8, 4) is 0 Å². The number of rotatable bonds is 6. The largest absolute Gasteiger partial charge is 0.383 e. The highest BCUT2D eigenvalue weighted by Gasteiger charge is 2.09. The van der Waals surface area contributed by atoms with Crippen LogP contribution in [0.3, 0.4) is 0 Å². The van der Waals surface area contributed by atoms with Crippen LogP contribution in [-0.4, -0.2) is 23.3 Å². The van der Waals surface area contributed by atoms with E-state index in [0.29, 0.717) is 13.2 Å². The highest BCUT2D eigenvalue weighted by molar-refractivity contribution is 5.76. The molecule has 4 heteroatoms. The summed E-state index contributed by atoms with van der Waals surface area (Å²) < 4.78 is 7.43. The molecule has 0 aliphatic carbocycles. The van der Waals surface area contributed by atoms with Gasteiger partial charge in [0.15, 0.2) is 0 Å². The fourth-order valence-electron chi connectivity index (χ4n) is 2.43. The summed E-state index contributed by atoms with van der Waals surface area (Å²) in [6.07, 6.45) is 0. The molecule has 3 aromatic rings. The van der Waals surface area contributed by atoms with Crippen molar-refractivity contribution < 1.29 is 4.74 Å². The number of para-hydroxylation sites is 3. The van der Waals surface area contributed by atoms with Gasteiger partial charge in [0, 0.05) is 19.3 Å². The van der Waals surface area contributed by atoms with Gasteiger partial charge in [0.2, 0.25) is 0 Å². The predicted octanol–water partition coefficient (Wildman–Crippen LogP) is 3.29. The summed E-state index contributed by atoms with van der Waals surface area (Å²) >= 11 is 0. The van der Waals surface area contributed by atoms with Crippen molar-refractivity contribution in [2.45, 2.75) is 13.1 Å². The van der Waals surface area contributed by atoms with E-state index >= 15 is 0 Å². The number of fused-ring (bicyclic) bond motifs is 1. The smallest absolute Gasteiger partial charge is 0.129 e. The number of methoxy groups -OCH3 is 1. The number of imidazole rings is 1. The second-order valence-electron chi connectivity index (χ2n) is 4.88. The molecule has 0 atom stereocenters. The third-order valence-electron chi connectivity index (χ3n) is 3.48. The summed E-state index contributed by atoms with van der Waals surface area (Å²) in [7, 11) is 1.72. The van der Waals surface area contributed by atoms with Gasteiger partial charge in [-0.1, -0.05) is 30.3 Å². The first-order valence-electron chi connectivity index (χ1n) is 7.10. The summed E-state index contributed by atoms with van der Waals surface area (Å²) in [6.45, 7) is 2.18. The molecule has 0 saturated heterocycles. The van der Waals surface area contributed by atoms with Crippen molar-refractivity contribution in [3.05, 3.63) is 60.4 Å². The van der Waals surface area contributed by atoms with Gasteiger partial charge in [-0.2, -0.15) is 0 Å². The van der Waals surface area contributed by atoms with Gasteiger partial charge in [0.1, 0.15) is 5.82 Å². The van der Waals surface area contributed by atoms with E-state index < -0.39 is 0 Å². The monoisotopic (exact) mass is 281 g/mol. The number of hydrogen-bond donors (Lipinski definition) is 1. The van der Waals surface area contributed by atoms with E-state index in [4.69, 9.17) is 9.72 Å². The van der Waals surface area contributed by atoms with Crippen LogP contribution in [0.15, 0.2) is 54.6 Å². The lowest BCUT2D eigenvalue weighted by molar-refractivity contribution is 0.187. The molecule has 0 aliphatic heterocycles. The van der Waals surface area contributed by atoms with Crippen LogP contribution in [0.2, 0.25) is 0 Å². The van der Waals surface area contributed by atoms with Crippen LogP contribution in [0.1, 0.15) is 5.82 Å². The van der Waals surface area contributed by atoms with Crippen LogP contribution in [0.4, 0.5) is 5.69 Å². The van der Waals surface area contributed by atoms with Gasteiger partial charge in [-0.15, -0.1) is 0 Å². The van der Waals surface area contributed by atoms with Gasteiger partial charge < -0.3 is 14.6 Å². The minimum Gasteiger partial charge on any atom is -0.383 e. The average molecular weight is 281 g/mol. The lowest BCUT2D eigenvalue weighted by Gasteiger charge is -2.10. The van der Waals surface area contributed by atoms with E-state index in [2.05, 4.69) is 28.1 Å². The molecule has 0 spiro atoms. The molecule has 108 valence electrons. The maximum absolute atomic E-state index is 5.21. The Morgan fingerprint density at radius 3 is 2.62 bits per heavy atom. The van der Waals surface area contributed by atoms with E-state index in [-0.39, 0.29) is 0 Å². The first-order valence-corrected chi connectivity index (χ1v) is 7.10. The molecule has 1 N–H and O–H groups in total. The highest BCUT2D eigenvalue weighted by Crippen LogP contribution is 2.17. The number of benzene rings is 2. The molecule has 3 rings (SSSR count). The third-order valence-corrected chi connectivity index (χ3v) is 3.48. The molecule has 21 heavy (non-hydrogen) atoms. The molecule has 0 aliphatic rings. The predicted molar refractivity (Wildman–Crippen MR) is 85.4 cm³/mol. The van der Waals surface area contributed by atoms with E-state index in [0.717, 1.165) is 29.1 Å². The van der Waals surface area contributed by atoms with E-state index in [1.165, 1.54) is 0 Å². The fourth-order valence-corrected chi connectivity index (χ4v) is 2.43. The van der Waals surface area contributed by atoms with Crippen LogP contribution in [0, 0.1) is 0 Å². The van der Waals surface area contributed by atoms with Crippen LogP contribution < -0.4 is 5.32 Å². The van der Waals surface area contributed by atoms with Crippen LogP contribution in [0.5, 0.6) is 0 Å². The van der Waals surface area contributed by atoms with E-state index in [1.54, 1.807) is 7.11 Å². The molecule has 1 heterocycles. The first kappa shape index (κ1) is 13.6. The Bertz CT molecular complexity index is 706. The molecule has 0 unspecified atom stereocenters.